The van der Waals surface area contributed by atoms with E-state index in [1.165, 1.54) is 47.6 Å². The molecule has 3 heterocycles. The number of piperidine rings is 1. The van der Waals surface area contributed by atoms with Crippen molar-refractivity contribution < 1.29 is 32.3 Å². The van der Waals surface area contributed by atoms with Crippen molar-refractivity contribution in [1.29, 1.82) is 0 Å². The summed E-state index contributed by atoms with van der Waals surface area (Å²) in [5.74, 6) is -1.10. The van der Waals surface area contributed by atoms with Gasteiger partial charge < -0.3 is 25.0 Å². The molecule has 3 amide bonds. The number of aromatic nitrogens is 2. The number of carbonyl (C=O) groups is 3. The van der Waals surface area contributed by atoms with Gasteiger partial charge in [0.1, 0.15) is 22.4 Å². The van der Waals surface area contributed by atoms with E-state index < -0.39 is 46.0 Å². The first-order valence-corrected chi connectivity index (χ1v) is 15.0. The number of halogens is 1. The molecule has 14 heteroatoms. The molecule has 2 aromatic heterocycles. The van der Waals surface area contributed by atoms with Crippen LogP contribution in [-0.4, -0.2) is 77.0 Å². The zero-order chi connectivity index (χ0) is 31.3. The molecular weight excluding hydrogens is 598 g/mol. The van der Waals surface area contributed by atoms with Crippen molar-refractivity contribution >= 4 is 56.2 Å². The molecule has 0 aromatic carbocycles. The van der Waals surface area contributed by atoms with Crippen molar-refractivity contribution in [2.45, 2.75) is 58.3 Å². The molecule has 228 valence electrons. The quantitative estimate of drug-likeness (QED) is 0.450. The summed E-state index contributed by atoms with van der Waals surface area (Å²) < 4.78 is 36.4. The highest BCUT2D eigenvalue weighted by atomic mass is 35.5. The number of rotatable bonds is 6. The van der Waals surface area contributed by atoms with Gasteiger partial charge in [0.05, 0.1) is 28.9 Å². The van der Waals surface area contributed by atoms with Gasteiger partial charge in [-0.15, -0.1) is 0 Å². The maximum Gasteiger partial charge on any atom is 0.410 e. The standard InChI is InChI=1S/C29H32ClN5O7S/c1-17-9-11-20(24(25(17)43(39)40)41-19-7-6-14-35(16-19)28(38)42-29(2,3)4)26(36)33-21-8-5-13-31-23(21)27(37)34-22-12-10-18(30)15-32-22/h5,8-13,15,19,24H,6-7,14,16H2,1-4H3,(H,33,36)(H,32,34,37). The molecular formula is C29H32ClN5O7S. The molecule has 2 atom stereocenters. The van der Waals surface area contributed by atoms with Crippen molar-refractivity contribution in [2.75, 3.05) is 23.7 Å². The van der Waals surface area contributed by atoms with E-state index >= 15 is 0 Å². The predicted octanol–water partition coefficient (Wildman–Crippen LogP) is 4.04. The van der Waals surface area contributed by atoms with Gasteiger partial charge in [-0.25, -0.2) is 14.8 Å². The lowest BCUT2D eigenvalue weighted by Gasteiger charge is -2.36. The molecule has 2 aromatic rings. The summed E-state index contributed by atoms with van der Waals surface area (Å²) in [5.41, 5.74) is -0.272. The fourth-order valence-corrected chi connectivity index (χ4v) is 5.32. The molecule has 2 aliphatic rings. The second-order valence-corrected chi connectivity index (χ2v) is 12.3. The highest BCUT2D eigenvalue weighted by Gasteiger charge is 2.36. The van der Waals surface area contributed by atoms with E-state index in [0.29, 0.717) is 30.0 Å². The van der Waals surface area contributed by atoms with Crippen LogP contribution in [0, 0.1) is 0 Å². The number of ether oxygens (including phenoxy) is 2. The maximum absolute atomic E-state index is 13.6. The van der Waals surface area contributed by atoms with Crippen LogP contribution in [0.5, 0.6) is 0 Å². The molecule has 0 saturated carbocycles. The number of anilines is 2. The Balaban J connectivity index is 1.56. The molecule has 4 rings (SSSR count). The summed E-state index contributed by atoms with van der Waals surface area (Å²) in [7, 11) is -2.71. The molecule has 2 N–H and O–H groups in total. The molecule has 0 radical (unpaired) electrons. The second-order valence-electron chi connectivity index (χ2n) is 10.9. The third-order valence-electron chi connectivity index (χ3n) is 6.46. The van der Waals surface area contributed by atoms with Gasteiger partial charge in [-0.1, -0.05) is 23.8 Å². The number of nitrogens with zero attached hydrogens (tertiary/aromatic N) is 3. The van der Waals surface area contributed by atoms with Gasteiger partial charge in [0.15, 0.2) is 5.69 Å². The van der Waals surface area contributed by atoms with Crippen molar-refractivity contribution in [3.05, 3.63) is 70.7 Å². The average Bonchev–Trinajstić information content (AvgIpc) is 2.93. The topological polar surface area (TPSA) is 157 Å². The lowest BCUT2D eigenvalue weighted by Crippen LogP contribution is -2.48. The summed E-state index contributed by atoms with van der Waals surface area (Å²) in [6.07, 6.45) is 4.57. The number of allylic oxidation sites excluding steroid dienone is 2. The first kappa shape index (κ1) is 31.9. The van der Waals surface area contributed by atoms with E-state index in [2.05, 4.69) is 20.6 Å². The number of pyridine rings is 2. The van der Waals surface area contributed by atoms with Gasteiger partial charge in [-0.3, -0.25) is 9.59 Å². The highest BCUT2D eigenvalue weighted by Crippen LogP contribution is 2.26. The summed E-state index contributed by atoms with van der Waals surface area (Å²) in [6.45, 7) is 7.54. The average molecular weight is 630 g/mol. The number of hydrogen-bond donors (Lipinski definition) is 2. The second kappa shape index (κ2) is 13.5. The van der Waals surface area contributed by atoms with Gasteiger partial charge in [-0.05, 0) is 70.4 Å². The predicted molar refractivity (Wildman–Crippen MR) is 162 cm³/mol. The fraction of sp³-hybridized carbons (Fsp3) is 0.379. The molecule has 43 heavy (non-hydrogen) atoms. The van der Waals surface area contributed by atoms with E-state index in [4.69, 9.17) is 21.1 Å². The summed E-state index contributed by atoms with van der Waals surface area (Å²) in [4.78, 5) is 48.8. The minimum absolute atomic E-state index is 0.00812. The lowest BCUT2D eigenvalue weighted by molar-refractivity contribution is -0.114. The van der Waals surface area contributed by atoms with E-state index in [9.17, 15) is 22.8 Å². The number of likely N-dealkylation sites (tertiary alicyclic amines) is 1. The first-order chi connectivity index (χ1) is 20.3. The van der Waals surface area contributed by atoms with Crippen LogP contribution in [0.2, 0.25) is 5.02 Å². The molecule has 12 nitrogen and oxygen atoms in total. The van der Waals surface area contributed by atoms with E-state index in [1.54, 1.807) is 33.8 Å². The van der Waals surface area contributed by atoms with Crippen LogP contribution in [0.25, 0.3) is 0 Å². The van der Waals surface area contributed by atoms with Gasteiger partial charge in [-0.2, -0.15) is 8.42 Å². The van der Waals surface area contributed by atoms with Crippen LogP contribution in [0.3, 0.4) is 0 Å². The molecule has 1 fully saturated rings. The Morgan fingerprint density at radius 2 is 1.84 bits per heavy atom. The van der Waals surface area contributed by atoms with Crippen molar-refractivity contribution in [3.8, 4) is 0 Å². The van der Waals surface area contributed by atoms with Crippen LogP contribution < -0.4 is 10.6 Å². The molecule has 1 aliphatic carbocycles. The Labute approximate surface area is 255 Å². The summed E-state index contributed by atoms with van der Waals surface area (Å²) in [6, 6.07) is 6.10. The number of carbonyl (C=O) groups excluding carboxylic acids is 3. The third-order valence-corrected chi connectivity index (χ3v) is 7.58. The third kappa shape index (κ3) is 8.27. The summed E-state index contributed by atoms with van der Waals surface area (Å²) in [5, 5.41) is 5.66. The molecule has 1 aliphatic heterocycles. The molecule has 0 bridgehead atoms. The van der Waals surface area contributed by atoms with E-state index in [-0.39, 0.29) is 34.2 Å². The van der Waals surface area contributed by atoms with Gasteiger partial charge in [0.2, 0.25) is 10.3 Å². The molecule has 1 saturated heterocycles. The van der Waals surface area contributed by atoms with Gasteiger partial charge in [0.25, 0.3) is 11.8 Å². The monoisotopic (exact) mass is 629 g/mol. The molecule has 2 unspecified atom stereocenters. The minimum atomic E-state index is -2.71. The Kier molecular flexibility index (Phi) is 9.99. The largest absolute Gasteiger partial charge is 0.444 e. The maximum atomic E-state index is 13.6. The van der Waals surface area contributed by atoms with Crippen LogP contribution in [-0.2, 0) is 24.6 Å². The molecule has 0 spiro atoms. The Bertz CT molecular complexity index is 1610. The van der Waals surface area contributed by atoms with E-state index in [0.717, 1.165) is 0 Å². The Morgan fingerprint density at radius 1 is 1.07 bits per heavy atom. The van der Waals surface area contributed by atoms with E-state index in [1.807, 2.05) is 0 Å². The van der Waals surface area contributed by atoms with Crippen LogP contribution in [0.15, 0.2) is 60.0 Å². The smallest absolute Gasteiger partial charge is 0.410 e. The van der Waals surface area contributed by atoms with Crippen LogP contribution in [0.1, 0.15) is 51.0 Å². The fourth-order valence-electron chi connectivity index (χ4n) is 4.52. The number of amides is 3. The summed E-state index contributed by atoms with van der Waals surface area (Å²) >= 11 is 5.86. The minimum Gasteiger partial charge on any atom is -0.444 e. The highest BCUT2D eigenvalue weighted by molar-refractivity contribution is 7.73. The number of nitrogens with one attached hydrogen (secondary N) is 2. The lowest BCUT2D eigenvalue weighted by atomic mass is 9.94. The Morgan fingerprint density at radius 3 is 2.51 bits per heavy atom. The normalized spacial score (nSPS) is 18.7. The van der Waals surface area contributed by atoms with Crippen LogP contribution in [0.4, 0.5) is 16.3 Å². The van der Waals surface area contributed by atoms with Gasteiger partial charge >= 0.3 is 6.09 Å². The van der Waals surface area contributed by atoms with Crippen molar-refractivity contribution in [1.82, 2.24) is 14.9 Å². The zero-order valence-corrected chi connectivity index (χ0v) is 25.7. The SMILES string of the molecule is CC1=CC=C(C(=O)Nc2cccnc2C(=O)Nc2ccc(Cl)cn2)C(OC2CCCN(C(=O)OC(C)(C)C)C2)C1=S(=O)=O. The van der Waals surface area contributed by atoms with Gasteiger partial charge in [0, 0.05) is 18.9 Å². The van der Waals surface area contributed by atoms with Crippen LogP contribution >= 0.6 is 11.6 Å². The van der Waals surface area contributed by atoms with Crippen molar-refractivity contribution in [2.24, 2.45) is 0 Å². The van der Waals surface area contributed by atoms with Crippen molar-refractivity contribution in [3.63, 3.8) is 0 Å². The first-order valence-electron chi connectivity index (χ1n) is 13.5. The number of hydrogen-bond acceptors (Lipinski definition) is 9. The zero-order valence-electron chi connectivity index (χ0n) is 24.1. The Hall–Kier alpha value is -4.07.